The lowest BCUT2D eigenvalue weighted by atomic mass is 10.2. The Kier molecular flexibility index (Phi) is 6.80. The molecule has 4 rings (SSSR count). The van der Waals surface area contributed by atoms with E-state index in [4.69, 9.17) is 0 Å². The van der Waals surface area contributed by atoms with Gasteiger partial charge in [0.25, 0.3) is 5.69 Å². The molecule has 33 heavy (non-hydrogen) atoms. The van der Waals surface area contributed by atoms with Gasteiger partial charge in [0.15, 0.2) is 11.0 Å². The molecule has 0 unspecified atom stereocenters. The van der Waals surface area contributed by atoms with Gasteiger partial charge in [0, 0.05) is 37.0 Å². The Labute approximate surface area is 195 Å². The van der Waals surface area contributed by atoms with Crippen LogP contribution in [0.15, 0.2) is 90.1 Å². The fourth-order valence-corrected chi connectivity index (χ4v) is 4.21. The highest BCUT2D eigenvalue weighted by Gasteiger charge is 2.18. The van der Waals surface area contributed by atoms with Crippen molar-refractivity contribution >= 4 is 23.4 Å². The summed E-state index contributed by atoms with van der Waals surface area (Å²) in [6.45, 7) is 0.279. The Balaban J connectivity index is 1.51. The van der Waals surface area contributed by atoms with Crippen LogP contribution in [0.4, 0.5) is 5.69 Å². The molecule has 1 aromatic heterocycles. The van der Waals surface area contributed by atoms with E-state index in [1.807, 2.05) is 65.2 Å². The fraction of sp³-hybridized carbons (Fsp3) is 0.125. The Morgan fingerprint density at radius 3 is 2.39 bits per heavy atom. The Hall–Kier alpha value is -3.98. The van der Waals surface area contributed by atoms with Gasteiger partial charge in [0.2, 0.25) is 5.91 Å². The standard InChI is InChI=1S/C24H21N5O3S/c1-27(16-18-9-8-14-21(15-18)29(31)32)22(30)17-33-24-26-25-23(19-10-4-2-5-11-19)28(24)20-12-6-3-7-13-20/h2-15H,16-17H2,1H3. The molecule has 166 valence electrons. The van der Waals surface area contributed by atoms with Crippen LogP contribution in [-0.4, -0.2) is 43.3 Å². The first-order valence-corrected chi connectivity index (χ1v) is 11.2. The van der Waals surface area contributed by atoms with Gasteiger partial charge in [0.1, 0.15) is 0 Å². The molecule has 9 heteroatoms. The van der Waals surface area contributed by atoms with Crippen LogP contribution in [0.5, 0.6) is 0 Å². The van der Waals surface area contributed by atoms with Crippen LogP contribution in [0.2, 0.25) is 0 Å². The monoisotopic (exact) mass is 459 g/mol. The molecule has 0 aliphatic carbocycles. The molecule has 0 atom stereocenters. The Morgan fingerprint density at radius 1 is 1.00 bits per heavy atom. The van der Waals surface area contributed by atoms with Crippen molar-refractivity contribution in [3.8, 4) is 17.1 Å². The summed E-state index contributed by atoms with van der Waals surface area (Å²) in [5, 5.41) is 20.3. The predicted molar refractivity (Wildman–Crippen MR) is 127 cm³/mol. The molecule has 0 aliphatic rings. The zero-order chi connectivity index (χ0) is 23.2. The lowest BCUT2D eigenvalue weighted by Crippen LogP contribution is -2.27. The van der Waals surface area contributed by atoms with Crippen molar-refractivity contribution in [1.29, 1.82) is 0 Å². The highest BCUT2D eigenvalue weighted by Crippen LogP contribution is 2.28. The summed E-state index contributed by atoms with van der Waals surface area (Å²) in [5.41, 5.74) is 2.53. The van der Waals surface area contributed by atoms with Crippen LogP contribution in [0.25, 0.3) is 17.1 Å². The van der Waals surface area contributed by atoms with E-state index in [0.29, 0.717) is 16.5 Å². The number of aromatic nitrogens is 3. The fourth-order valence-electron chi connectivity index (χ4n) is 3.31. The highest BCUT2D eigenvalue weighted by molar-refractivity contribution is 7.99. The third-order valence-corrected chi connectivity index (χ3v) is 5.89. The number of carbonyl (C=O) groups is 1. The van der Waals surface area contributed by atoms with Gasteiger partial charge < -0.3 is 4.90 Å². The SMILES string of the molecule is CN(Cc1cccc([N+](=O)[O-])c1)C(=O)CSc1nnc(-c2ccccc2)n1-c1ccccc1. The summed E-state index contributed by atoms with van der Waals surface area (Å²) in [6.07, 6.45) is 0. The first kappa shape index (κ1) is 22.2. The lowest BCUT2D eigenvalue weighted by Gasteiger charge is -2.17. The summed E-state index contributed by atoms with van der Waals surface area (Å²) in [4.78, 5) is 24.9. The van der Waals surface area contributed by atoms with Gasteiger partial charge in [-0.25, -0.2) is 0 Å². The predicted octanol–water partition coefficient (Wildman–Crippen LogP) is 4.59. The average molecular weight is 460 g/mol. The number of benzene rings is 3. The number of carbonyl (C=O) groups excluding carboxylic acids is 1. The van der Waals surface area contributed by atoms with Crippen molar-refractivity contribution < 1.29 is 9.72 Å². The zero-order valence-corrected chi connectivity index (χ0v) is 18.7. The van der Waals surface area contributed by atoms with Gasteiger partial charge in [-0.2, -0.15) is 0 Å². The molecule has 0 N–H and O–H groups in total. The van der Waals surface area contributed by atoms with E-state index >= 15 is 0 Å². The molecule has 1 heterocycles. The molecule has 4 aromatic rings. The molecule has 0 radical (unpaired) electrons. The number of nitro groups is 1. The van der Waals surface area contributed by atoms with E-state index in [-0.39, 0.29) is 23.9 Å². The van der Waals surface area contributed by atoms with E-state index < -0.39 is 4.92 Å². The Bertz CT molecular complexity index is 1260. The van der Waals surface area contributed by atoms with Gasteiger partial charge in [0.05, 0.1) is 10.7 Å². The van der Waals surface area contributed by atoms with E-state index in [2.05, 4.69) is 10.2 Å². The minimum Gasteiger partial charge on any atom is -0.341 e. The van der Waals surface area contributed by atoms with Crippen LogP contribution < -0.4 is 0 Å². The second-order valence-electron chi connectivity index (χ2n) is 7.31. The number of hydrogen-bond donors (Lipinski definition) is 0. The van der Waals surface area contributed by atoms with Crippen LogP contribution in [0, 0.1) is 10.1 Å². The number of amides is 1. The molecule has 0 fully saturated rings. The summed E-state index contributed by atoms with van der Waals surface area (Å²) >= 11 is 1.30. The largest absolute Gasteiger partial charge is 0.341 e. The third-order valence-electron chi connectivity index (χ3n) is 4.97. The van der Waals surface area contributed by atoms with Crippen molar-refractivity contribution in [3.05, 3.63) is 101 Å². The third kappa shape index (κ3) is 5.27. The number of rotatable bonds is 8. The zero-order valence-electron chi connectivity index (χ0n) is 17.9. The first-order valence-electron chi connectivity index (χ1n) is 10.2. The van der Waals surface area contributed by atoms with Gasteiger partial charge in [-0.1, -0.05) is 72.4 Å². The molecular formula is C24H21N5O3S. The minimum atomic E-state index is -0.443. The maximum absolute atomic E-state index is 12.8. The summed E-state index contributed by atoms with van der Waals surface area (Å²) in [6, 6.07) is 25.8. The summed E-state index contributed by atoms with van der Waals surface area (Å²) in [7, 11) is 1.68. The normalized spacial score (nSPS) is 10.7. The number of non-ortho nitro benzene ring substituents is 1. The van der Waals surface area contributed by atoms with E-state index in [0.717, 1.165) is 11.3 Å². The maximum atomic E-state index is 12.8. The van der Waals surface area contributed by atoms with Crippen LogP contribution >= 0.6 is 11.8 Å². The number of hydrogen-bond acceptors (Lipinski definition) is 6. The summed E-state index contributed by atoms with van der Waals surface area (Å²) < 4.78 is 1.94. The molecular weight excluding hydrogens is 438 g/mol. The van der Waals surface area contributed by atoms with Crippen molar-refractivity contribution in [2.75, 3.05) is 12.8 Å². The van der Waals surface area contributed by atoms with Crippen molar-refractivity contribution in [2.45, 2.75) is 11.7 Å². The maximum Gasteiger partial charge on any atom is 0.269 e. The van der Waals surface area contributed by atoms with Crippen LogP contribution in [0.1, 0.15) is 5.56 Å². The van der Waals surface area contributed by atoms with Gasteiger partial charge in [-0.3, -0.25) is 19.5 Å². The number of nitrogens with zero attached hydrogens (tertiary/aromatic N) is 5. The second-order valence-corrected chi connectivity index (χ2v) is 8.25. The molecule has 1 amide bonds. The smallest absolute Gasteiger partial charge is 0.269 e. The molecule has 0 saturated heterocycles. The van der Waals surface area contributed by atoms with Crippen LogP contribution in [-0.2, 0) is 11.3 Å². The van der Waals surface area contributed by atoms with Gasteiger partial charge in [-0.05, 0) is 17.7 Å². The van der Waals surface area contributed by atoms with Crippen molar-refractivity contribution in [2.24, 2.45) is 0 Å². The quantitative estimate of drug-likeness (QED) is 0.217. The molecule has 0 saturated carbocycles. The second kappa shape index (κ2) is 10.1. The van der Waals surface area contributed by atoms with Crippen molar-refractivity contribution in [1.82, 2.24) is 19.7 Å². The van der Waals surface area contributed by atoms with E-state index in [9.17, 15) is 14.9 Å². The first-order chi connectivity index (χ1) is 16.0. The van der Waals surface area contributed by atoms with Crippen molar-refractivity contribution in [3.63, 3.8) is 0 Å². The number of nitro benzene ring substituents is 1. The van der Waals surface area contributed by atoms with Gasteiger partial charge in [-0.15, -0.1) is 10.2 Å². The van der Waals surface area contributed by atoms with Crippen LogP contribution in [0.3, 0.4) is 0 Å². The van der Waals surface area contributed by atoms with Gasteiger partial charge >= 0.3 is 0 Å². The Morgan fingerprint density at radius 2 is 1.70 bits per heavy atom. The molecule has 0 bridgehead atoms. The molecule has 3 aromatic carbocycles. The highest BCUT2D eigenvalue weighted by atomic mass is 32.2. The van der Waals surface area contributed by atoms with E-state index in [1.54, 1.807) is 24.1 Å². The molecule has 0 aliphatic heterocycles. The topological polar surface area (TPSA) is 94.2 Å². The average Bonchev–Trinajstić information content (AvgIpc) is 3.27. The van der Waals surface area contributed by atoms with E-state index in [1.165, 1.54) is 23.9 Å². The minimum absolute atomic E-state index is 0.00660. The molecule has 8 nitrogen and oxygen atoms in total. The number of thioether (sulfide) groups is 1. The number of para-hydroxylation sites is 1. The molecule has 0 spiro atoms. The lowest BCUT2D eigenvalue weighted by molar-refractivity contribution is -0.384. The summed E-state index contributed by atoms with van der Waals surface area (Å²) in [5.74, 6) is 0.739.